The van der Waals surface area contributed by atoms with Gasteiger partial charge in [-0.05, 0) is 6.92 Å². The molecule has 0 radical (unpaired) electrons. The summed E-state index contributed by atoms with van der Waals surface area (Å²) in [5.74, 6) is 0.774. The second kappa shape index (κ2) is 2.21. The maximum atomic E-state index is 11.3. The number of amides is 1. The van der Waals surface area contributed by atoms with Gasteiger partial charge in [0, 0.05) is 19.4 Å². The number of likely N-dealkylation sites (N-methyl/N-ethyl adjacent to an activating group) is 1. The molecule has 11 heavy (non-hydrogen) atoms. The van der Waals surface area contributed by atoms with Gasteiger partial charge in [-0.15, -0.1) is 0 Å². The molecule has 0 aromatic carbocycles. The third-order valence-corrected chi connectivity index (χ3v) is 2.88. The summed E-state index contributed by atoms with van der Waals surface area (Å²) in [5, 5.41) is 0. The Morgan fingerprint density at radius 3 is 2.91 bits per heavy atom. The molecule has 0 N–H and O–H groups in total. The number of fused-ring (bicyclic) bond motifs is 1. The van der Waals surface area contributed by atoms with Gasteiger partial charge in [-0.3, -0.25) is 4.79 Å². The molecule has 2 rings (SSSR count). The van der Waals surface area contributed by atoms with Crippen LogP contribution in [0.15, 0.2) is 0 Å². The van der Waals surface area contributed by atoms with Gasteiger partial charge in [0.25, 0.3) is 0 Å². The van der Waals surface area contributed by atoms with Gasteiger partial charge in [0.2, 0.25) is 5.91 Å². The van der Waals surface area contributed by atoms with Crippen LogP contribution in [0.4, 0.5) is 0 Å². The smallest absolute Gasteiger partial charge is 0.223 e. The summed E-state index contributed by atoms with van der Waals surface area (Å²) in [7, 11) is 1.85. The van der Waals surface area contributed by atoms with E-state index in [0.717, 1.165) is 6.61 Å². The lowest BCUT2D eigenvalue weighted by Crippen LogP contribution is -2.59. The normalized spacial score (nSPS) is 43.3. The first-order valence-electron chi connectivity index (χ1n) is 4.07. The molecule has 0 aromatic rings. The van der Waals surface area contributed by atoms with Crippen molar-refractivity contribution in [3.05, 3.63) is 0 Å². The topological polar surface area (TPSA) is 29.5 Å². The average Bonchev–Trinajstić information content (AvgIpc) is 1.93. The molecule has 0 saturated carbocycles. The van der Waals surface area contributed by atoms with Gasteiger partial charge in [-0.1, -0.05) is 0 Å². The molecule has 62 valence electrons. The Morgan fingerprint density at radius 1 is 1.64 bits per heavy atom. The van der Waals surface area contributed by atoms with Crippen LogP contribution in [0.1, 0.15) is 13.3 Å². The van der Waals surface area contributed by atoms with Crippen molar-refractivity contribution in [2.45, 2.75) is 25.5 Å². The molecule has 2 aliphatic heterocycles. The first kappa shape index (κ1) is 7.10. The lowest BCUT2D eigenvalue weighted by Gasteiger charge is -2.48. The lowest BCUT2D eigenvalue weighted by molar-refractivity contribution is -0.184. The Morgan fingerprint density at radius 2 is 2.36 bits per heavy atom. The number of likely N-dealkylation sites (tertiary alicyclic amines) is 1. The van der Waals surface area contributed by atoms with Gasteiger partial charge in [-0.25, -0.2) is 0 Å². The van der Waals surface area contributed by atoms with E-state index in [2.05, 4.69) is 0 Å². The quantitative estimate of drug-likeness (QED) is 0.502. The number of carbonyl (C=O) groups is 1. The first-order valence-corrected chi connectivity index (χ1v) is 4.07. The van der Waals surface area contributed by atoms with Crippen LogP contribution in [-0.2, 0) is 9.53 Å². The fraction of sp³-hybridized carbons (Fsp3) is 0.875. The van der Waals surface area contributed by atoms with Gasteiger partial charge in [0.15, 0.2) is 0 Å². The predicted octanol–water partition coefficient (Wildman–Crippen LogP) is 0.252. The number of ether oxygens (including phenoxy) is 1. The van der Waals surface area contributed by atoms with E-state index in [1.54, 1.807) is 4.90 Å². The van der Waals surface area contributed by atoms with E-state index in [-0.39, 0.29) is 11.9 Å². The highest BCUT2D eigenvalue weighted by Gasteiger charge is 2.44. The zero-order valence-electron chi connectivity index (χ0n) is 6.91. The predicted molar refractivity (Wildman–Crippen MR) is 40.1 cm³/mol. The third-order valence-electron chi connectivity index (χ3n) is 2.88. The highest BCUT2D eigenvalue weighted by atomic mass is 16.5. The summed E-state index contributed by atoms with van der Waals surface area (Å²) in [6, 6.07) is 0.273. The number of hydrogen-bond donors (Lipinski definition) is 0. The average molecular weight is 155 g/mol. The zero-order chi connectivity index (χ0) is 8.01. The standard InChI is InChI=1S/C8H13NO2/c1-5-8-6(4-11-8)3-7(10)9(5)2/h5-6,8H,3-4H2,1-2H3. The van der Waals surface area contributed by atoms with E-state index in [1.807, 2.05) is 14.0 Å². The van der Waals surface area contributed by atoms with E-state index in [0.29, 0.717) is 18.4 Å². The van der Waals surface area contributed by atoms with Crippen LogP contribution in [0.3, 0.4) is 0 Å². The monoisotopic (exact) mass is 155 g/mol. The highest BCUT2D eigenvalue weighted by Crippen LogP contribution is 2.33. The van der Waals surface area contributed by atoms with Crippen LogP contribution in [0.25, 0.3) is 0 Å². The largest absolute Gasteiger partial charge is 0.375 e. The maximum Gasteiger partial charge on any atom is 0.223 e. The van der Waals surface area contributed by atoms with Crippen LogP contribution < -0.4 is 0 Å². The summed E-state index contributed by atoms with van der Waals surface area (Å²) in [6.07, 6.45) is 1.00. The molecule has 0 spiro atoms. The van der Waals surface area contributed by atoms with Crippen molar-refractivity contribution in [3.63, 3.8) is 0 Å². The number of hydrogen-bond acceptors (Lipinski definition) is 2. The molecule has 2 fully saturated rings. The van der Waals surface area contributed by atoms with Gasteiger partial charge in [0.05, 0.1) is 18.8 Å². The van der Waals surface area contributed by atoms with Crippen LogP contribution in [0.2, 0.25) is 0 Å². The fourth-order valence-electron chi connectivity index (χ4n) is 1.87. The van der Waals surface area contributed by atoms with Crippen molar-refractivity contribution in [1.29, 1.82) is 0 Å². The molecule has 3 unspecified atom stereocenters. The molecule has 3 nitrogen and oxygen atoms in total. The summed E-state index contributed by atoms with van der Waals surface area (Å²) < 4.78 is 5.37. The molecule has 0 aliphatic carbocycles. The van der Waals surface area contributed by atoms with E-state index in [4.69, 9.17) is 4.74 Å². The second-order valence-corrected chi connectivity index (χ2v) is 3.51. The van der Waals surface area contributed by atoms with Crippen LogP contribution in [0.5, 0.6) is 0 Å². The minimum Gasteiger partial charge on any atom is -0.375 e. The van der Waals surface area contributed by atoms with Crippen LogP contribution >= 0.6 is 0 Å². The zero-order valence-corrected chi connectivity index (χ0v) is 6.91. The lowest BCUT2D eigenvalue weighted by atomic mass is 9.85. The first-order chi connectivity index (χ1) is 5.20. The Hall–Kier alpha value is -0.570. The van der Waals surface area contributed by atoms with Crippen LogP contribution in [0, 0.1) is 5.92 Å². The summed E-state index contributed by atoms with van der Waals surface area (Å²) in [6.45, 7) is 2.84. The Balaban J connectivity index is 2.12. The van der Waals surface area contributed by atoms with Crippen molar-refractivity contribution in [3.8, 4) is 0 Å². The Bertz CT molecular complexity index is 193. The fourth-order valence-corrected chi connectivity index (χ4v) is 1.87. The molecular formula is C8H13NO2. The molecule has 2 aliphatic rings. The molecule has 2 heterocycles. The second-order valence-electron chi connectivity index (χ2n) is 3.51. The maximum absolute atomic E-state index is 11.3. The SMILES string of the molecule is CC1C2OCC2CC(=O)N1C. The van der Waals surface area contributed by atoms with Gasteiger partial charge in [0.1, 0.15) is 0 Å². The summed E-state index contributed by atoms with van der Waals surface area (Å²) in [4.78, 5) is 13.1. The molecule has 3 heteroatoms. The Labute approximate surface area is 66.3 Å². The molecule has 3 atom stereocenters. The molecule has 0 bridgehead atoms. The minimum atomic E-state index is 0.266. The minimum absolute atomic E-state index is 0.266. The van der Waals surface area contributed by atoms with Gasteiger partial charge >= 0.3 is 0 Å². The number of rotatable bonds is 0. The highest BCUT2D eigenvalue weighted by molar-refractivity contribution is 5.77. The number of nitrogens with zero attached hydrogens (tertiary/aromatic N) is 1. The van der Waals surface area contributed by atoms with Crippen molar-refractivity contribution < 1.29 is 9.53 Å². The van der Waals surface area contributed by atoms with E-state index >= 15 is 0 Å². The van der Waals surface area contributed by atoms with E-state index < -0.39 is 0 Å². The van der Waals surface area contributed by atoms with E-state index in [9.17, 15) is 4.79 Å². The van der Waals surface area contributed by atoms with E-state index in [1.165, 1.54) is 0 Å². The van der Waals surface area contributed by atoms with Crippen molar-refractivity contribution in [2.24, 2.45) is 5.92 Å². The van der Waals surface area contributed by atoms with Crippen molar-refractivity contribution in [1.82, 2.24) is 4.90 Å². The Kier molecular flexibility index (Phi) is 1.42. The third kappa shape index (κ3) is 0.872. The number of carbonyl (C=O) groups excluding carboxylic acids is 1. The van der Waals surface area contributed by atoms with Gasteiger partial charge < -0.3 is 9.64 Å². The molecule has 2 saturated heterocycles. The van der Waals surface area contributed by atoms with Crippen LogP contribution in [-0.4, -0.2) is 36.6 Å². The van der Waals surface area contributed by atoms with Gasteiger partial charge in [-0.2, -0.15) is 0 Å². The molecule has 0 aromatic heterocycles. The summed E-state index contributed by atoms with van der Waals surface area (Å²) >= 11 is 0. The molecular weight excluding hydrogens is 142 g/mol. The molecule has 1 amide bonds. The number of piperidine rings is 1. The van der Waals surface area contributed by atoms with Crippen molar-refractivity contribution >= 4 is 5.91 Å². The van der Waals surface area contributed by atoms with Crippen molar-refractivity contribution in [2.75, 3.05) is 13.7 Å². The summed E-state index contributed by atoms with van der Waals surface area (Å²) in [5.41, 5.74) is 0.